The van der Waals surface area contributed by atoms with E-state index >= 15 is 0 Å². The van der Waals surface area contributed by atoms with E-state index in [4.69, 9.17) is 16.9 Å². The average Bonchev–Trinajstić information content (AvgIpc) is 2.67. The molecule has 0 unspecified atom stereocenters. The number of benzene rings is 1. The van der Waals surface area contributed by atoms with Gasteiger partial charge < -0.3 is 10.2 Å². The molecule has 1 N–H and O–H groups in total. The van der Waals surface area contributed by atoms with E-state index in [2.05, 4.69) is 34.4 Å². The van der Waals surface area contributed by atoms with Gasteiger partial charge >= 0.3 is 0 Å². The Morgan fingerprint density at radius 3 is 2.68 bits per heavy atom. The van der Waals surface area contributed by atoms with Gasteiger partial charge in [-0.1, -0.05) is 23.3 Å². The molecule has 3 rings (SSSR count). The van der Waals surface area contributed by atoms with Gasteiger partial charge in [-0.15, -0.1) is 0 Å². The molecule has 1 aliphatic heterocycles. The zero-order chi connectivity index (χ0) is 20.3. The number of amides is 1. The van der Waals surface area contributed by atoms with E-state index in [-0.39, 0.29) is 5.91 Å². The van der Waals surface area contributed by atoms with Crippen molar-refractivity contribution >= 4 is 29.3 Å². The van der Waals surface area contributed by atoms with E-state index in [1.165, 1.54) is 11.8 Å². The summed E-state index contributed by atoms with van der Waals surface area (Å²) in [6.07, 6.45) is 5.74. The van der Waals surface area contributed by atoms with Crippen LogP contribution in [0.15, 0.2) is 30.0 Å². The molecule has 5 nitrogen and oxygen atoms in total. The minimum absolute atomic E-state index is 0.313. The van der Waals surface area contributed by atoms with E-state index in [0.717, 1.165) is 37.1 Å². The predicted octanol–water partition coefficient (Wildman–Crippen LogP) is 4.58. The molecule has 2 aromatic rings. The number of hydrogen-bond donors (Lipinski definition) is 1. The Morgan fingerprint density at radius 1 is 1.29 bits per heavy atom. The lowest BCUT2D eigenvalue weighted by Gasteiger charge is -2.24. The molecule has 2 heterocycles. The molecule has 1 fully saturated rings. The number of carbonyl (C=O) groups is 1. The van der Waals surface area contributed by atoms with Gasteiger partial charge in [-0.2, -0.15) is 5.26 Å². The average molecular weight is 395 g/mol. The first-order valence-electron chi connectivity index (χ1n) is 9.23. The Balaban J connectivity index is 1.87. The van der Waals surface area contributed by atoms with Crippen molar-refractivity contribution in [3.05, 3.63) is 62.9 Å². The Hall–Kier alpha value is -2.68. The molecule has 1 aromatic heterocycles. The number of nitrogens with zero attached hydrogens (tertiary/aromatic N) is 3. The number of nitrogens with one attached hydrogen (secondary N) is 1. The van der Waals surface area contributed by atoms with E-state index in [1.54, 1.807) is 19.1 Å². The number of aryl methyl sites for hydroxylation is 1. The van der Waals surface area contributed by atoms with Crippen LogP contribution in [0.2, 0.25) is 5.02 Å². The maximum Gasteiger partial charge on any atom is 0.257 e. The smallest absolute Gasteiger partial charge is 0.257 e. The summed E-state index contributed by atoms with van der Waals surface area (Å²) >= 11 is 6.32. The number of nitriles is 1. The second kappa shape index (κ2) is 8.55. The second-order valence-electron chi connectivity index (χ2n) is 7.20. The molecule has 1 aromatic carbocycles. The minimum Gasteiger partial charge on any atom is -0.322 e. The van der Waals surface area contributed by atoms with Crippen LogP contribution < -0.4 is 5.32 Å². The van der Waals surface area contributed by atoms with Crippen molar-refractivity contribution in [2.45, 2.75) is 26.7 Å². The number of carbonyl (C=O) groups excluding carboxylic acids is 1. The standard InChI is InChI=1S/C22H23ClN4O/c1-14-17(8-16-4-6-27(3)7-5-16)10-20(23)11-21(14)26-22(28)19-9-18(12-24)15(2)25-13-19/h8-11,13H,4-7H2,1-3H3,(H,26,28). The lowest BCUT2D eigenvalue weighted by atomic mass is 9.98. The normalized spacial score (nSPS) is 14.5. The lowest BCUT2D eigenvalue weighted by Crippen LogP contribution is -2.26. The fourth-order valence-corrected chi connectivity index (χ4v) is 3.44. The van der Waals surface area contributed by atoms with E-state index in [1.807, 2.05) is 13.0 Å². The maximum atomic E-state index is 12.7. The number of hydrogen-bond acceptors (Lipinski definition) is 4. The van der Waals surface area contributed by atoms with Crippen molar-refractivity contribution in [2.75, 3.05) is 25.5 Å². The largest absolute Gasteiger partial charge is 0.322 e. The summed E-state index contributed by atoms with van der Waals surface area (Å²) in [7, 11) is 2.13. The topological polar surface area (TPSA) is 69.0 Å². The predicted molar refractivity (Wildman–Crippen MR) is 113 cm³/mol. The number of aromatic nitrogens is 1. The third kappa shape index (κ3) is 4.59. The summed E-state index contributed by atoms with van der Waals surface area (Å²) < 4.78 is 0. The van der Waals surface area contributed by atoms with Crippen molar-refractivity contribution in [3.63, 3.8) is 0 Å². The molecule has 0 atom stereocenters. The monoisotopic (exact) mass is 394 g/mol. The molecule has 1 amide bonds. The SMILES string of the molecule is Cc1ncc(C(=O)Nc2cc(Cl)cc(C=C3CCN(C)CC3)c2C)cc1C#N. The zero-order valence-electron chi connectivity index (χ0n) is 16.3. The third-order valence-corrected chi connectivity index (χ3v) is 5.34. The quantitative estimate of drug-likeness (QED) is 0.826. The third-order valence-electron chi connectivity index (χ3n) is 5.12. The van der Waals surface area contributed by atoms with Crippen LogP contribution in [0.3, 0.4) is 0 Å². The Labute approximate surface area is 170 Å². The van der Waals surface area contributed by atoms with Crippen LogP contribution in [0.25, 0.3) is 6.08 Å². The Bertz CT molecular complexity index is 981. The number of anilines is 1. The highest BCUT2D eigenvalue weighted by atomic mass is 35.5. The van der Waals surface area contributed by atoms with Crippen LogP contribution in [0.4, 0.5) is 5.69 Å². The summed E-state index contributed by atoms with van der Waals surface area (Å²) in [5.74, 6) is -0.313. The van der Waals surface area contributed by atoms with Gasteiger partial charge in [-0.3, -0.25) is 9.78 Å². The first-order chi connectivity index (χ1) is 13.4. The minimum atomic E-state index is -0.313. The molecule has 0 spiro atoms. The van der Waals surface area contributed by atoms with Crippen molar-refractivity contribution in [2.24, 2.45) is 0 Å². The van der Waals surface area contributed by atoms with Gasteiger partial charge in [-0.25, -0.2) is 0 Å². The van der Waals surface area contributed by atoms with Gasteiger partial charge in [0.2, 0.25) is 0 Å². The molecule has 0 aliphatic carbocycles. The van der Waals surface area contributed by atoms with Crippen molar-refractivity contribution < 1.29 is 4.79 Å². The summed E-state index contributed by atoms with van der Waals surface area (Å²) in [5, 5.41) is 12.6. The number of piperidine rings is 1. The van der Waals surface area contributed by atoms with Gasteiger partial charge in [0.05, 0.1) is 16.8 Å². The fourth-order valence-electron chi connectivity index (χ4n) is 3.21. The van der Waals surface area contributed by atoms with Gasteiger partial charge in [-0.05, 0) is 63.1 Å². The van der Waals surface area contributed by atoms with Crippen LogP contribution in [0.1, 0.15) is 45.6 Å². The van der Waals surface area contributed by atoms with Crippen molar-refractivity contribution in [1.82, 2.24) is 9.88 Å². The van der Waals surface area contributed by atoms with E-state index < -0.39 is 0 Å². The molecule has 1 saturated heterocycles. The number of pyridine rings is 1. The number of rotatable bonds is 3. The number of likely N-dealkylation sites (tertiary alicyclic amines) is 1. The maximum absolute atomic E-state index is 12.7. The van der Waals surface area contributed by atoms with Gasteiger partial charge in [0.25, 0.3) is 5.91 Å². The molecular weight excluding hydrogens is 372 g/mol. The first-order valence-corrected chi connectivity index (χ1v) is 9.61. The summed E-state index contributed by atoms with van der Waals surface area (Å²) in [4.78, 5) is 19.1. The molecule has 28 heavy (non-hydrogen) atoms. The molecule has 0 radical (unpaired) electrons. The van der Waals surface area contributed by atoms with Crippen LogP contribution in [0, 0.1) is 25.2 Å². The van der Waals surface area contributed by atoms with Gasteiger partial charge in [0.15, 0.2) is 0 Å². The van der Waals surface area contributed by atoms with E-state index in [0.29, 0.717) is 27.5 Å². The van der Waals surface area contributed by atoms with Crippen LogP contribution in [-0.2, 0) is 0 Å². The first kappa shape index (κ1) is 20.1. The molecule has 144 valence electrons. The van der Waals surface area contributed by atoms with E-state index in [9.17, 15) is 4.79 Å². The van der Waals surface area contributed by atoms with Gasteiger partial charge in [0, 0.05) is 30.0 Å². The molecule has 6 heteroatoms. The van der Waals surface area contributed by atoms with Gasteiger partial charge in [0.1, 0.15) is 6.07 Å². The Morgan fingerprint density at radius 2 is 2.00 bits per heavy atom. The van der Waals surface area contributed by atoms with Crippen molar-refractivity contribution in [3.8, 4) is 6.07 Å². The Kier molecular flexibility index (Phi) is 6.13. The molecular formula is C22H23ClN4O. The molecule has 0 bridgehead atoms. The highest BCUT2D eigenvalue weighted by Crippen LogP contribution is 2.29. The zero-order valence-corrected chi connectivity index (χ0v) is 17.1. The molecule has 0 saturated carbocycles. The number of halogens is 1. The highest BCUT2D eigenvalue weighted by Gasteiger charge is 2.14. The molecule has 1 aliphatic rings. The lowest BCUT2D eigenvalue weighted by molar-refractivity contribution is 0.102. The van der Waals surface area contributed by atoms with Crippen molar-refractivity contribution in [1.29, 1.82) is 5.26 Å². The second-order valence-corrected chi connectivity index (χ2v) is 7.63. The van der Waals surface area contributed by atoms with Crippen LogP contribution in [0.5, 0.6) is 0 Å². The summed E-state index contributed by atoms with van der Waals surface area (Å²) in [6, 6.07) is 7.29. The summed E-state index contributed by atoms with van der Waals surface area (Å²) in [5.41, 5.74) is 5.37. The van der Waals surface area contributed by atoms with Crippen LogP contribution in [-0.4, -0.2) is 35.9 Å². The fraction of sp³-hybridized carbons (Fsp3) is 0.318. The van der Waals surface area contributed by atoms with Crippen LogP contribution >= 0.6 is 11.6 Å². The highest BCUT2D eigenvalue weighted by molar-refractivity contribution is 6.31. The summed E-state index contributed by atoms with van der Waals surface area (Å²) in [6.45, 7) is 5.82.